The summed E-state index contributed by atoms with van der Waals surface area (Å²) in [5.41, 5.74) is -0.409. The number of nitrogens with zero attached hydrogens (tertiary/aromatic N) is 3. The summed E-state index contributed by atoms with van der Waals surface area (Å²) in [4.78, 5) is 42.8. The topological polar surface area (TPSA) is 70.2 Å². The average Bonchev–Trinajstić information content (AvgIpc) is 3.06. The molecule has 7 nitrogen and oxygen atoms in total. The number of amides is 3. The first-order valence-electron chi connectivity index (χ1n) is 9.79. The van der Waals surface area contributed by atoms with Gasteiger partial charge in [0.25, 0.3) is 0 Å². The second-order valence-electron chi connectivity index (χ2n) is 8.70. The van der Waals surface area contributed by atoms with Crippen molar-refractivity contribution in [3.05, 3.63) is 0 Å². The summed E-state index contributed by atoms with van der Waals surface area (Å²) in [5.74, 6) is 0.198. The molecule has 0 aliphatic carbocycles. The molecule has 1 atom stereocenters. The molecule has 3 aliphatic heterocycles. The fourth-order valence-electron chi connectivity index (χ4n) is 4.23. The van der Waals surface area contributed by atoms with Crippen molar-refractivity contribution in [3.63, 3.8) is 0 Å². The van der Waals surface area contributed by atoms with E-state index in [0.29, 0.717) is 32.8 Å². The predicted octanol–water partition coefficient (Wildman–Crippen LogP) is 1.71. The molecule has 0 aromatic carbocycles. The van der Waals surface area contributed by atoms with Crippen molar-refractivity contribution in [2.24, 2.45) is 11.3 Å². The third kappa shape index (κ3) is 3.96. The maximum atomic E-state index is 12.9. The van der Waals surface area contributed by atoms with Crippen LogP contribution in [0.1, 0.15) is 46.5 Å². The molecule has 0 N–H and O–H groups in total. The van der Waals surface area contributed by atoms with Crippen LogP contribution in [0.3, 0.4) is 0 Å². The van der Waals surface area contributed by atoms with Gasteiger partial charge in [0.15, 0.2) is 0 Å². The molecule has 3 fully saturated rings. The van der Waals surface area contributed by atoms with Crippen LogP contribution in [0.2, 0.25) is 0 Å². The van der Waals surface area contributed by atoms with E-state index in [9.17, 15) is 14.4 Å². The standard InChI is InChI=1S/C19H31N3O4/c1-19(2,3)17(24)21-8-4-5-14(13-21)16(23)20-9-6-15(7-10-20)22-11-12-26-18(22)25/h14-15H,4-13H2,1-3H3. The molecular weight excluding hydrogens is 334 g/mol. The van der Waals surface area contributed by atoms with Crippen LogP contribution in [-0.4, -0.2) is 78.0 Å². The first-order valence-corrected chi connectivity index (χ1v) is 9.79. The van der Waals surface area contributed by atoms with Crippen LogP contribution in [0.15, 0.2) is 0 Å². The van der Waals surface area contributed by atoms with Crippen LogP contribution < -0.4 is 0 Å². The van der Waals surface area contributed by atoms with Gasteiger partial charge in [0.1, 0.15) is 6.61 Å². The number of rotatable bonds is 2. The minimum Gasteiger partial charge on any atom is -0.448 e. The molecule has 0 aromatic rings. The fraction of sp³-hybridized carbons (Fsp3) is 0.842. The molecule has 3 saturated heterocycles. The number of ether oxygens (including phenoxy) is 1. The Hall–Kier alpha value is -1.79. The monoisotopic (exact) mass is 365 g/mol. The van der Waals surface area contributed by atoms with Crippen LogP contribution in [0.4, 0.5) is 4.79 Å². The summed E-state index contributed by atoms with van der Waals surface area (Å²) >= 11 is 0. The van der Waals surface area contributed by atoms with Gasteiger partial charge in [-0.3, -0.25) is 9.59 Å². The summed E-state index contributed by atoms with van der Waals surface area (Å²) < 4.78 is 5.02. The number of piperidine rings is 2. The number of hydrogen-bond donors (Lipinski definition) is 0. The van der Waals surface area contributed by atoms with Crippen molar-refractivity contribution < 1.29 is 19.1 Å². The largest absolute Gasteiger partial charge is 0.448 e. The molecule has 3 amide bonds. The highest BCUT2D eigenvalue weighted by atomic mass is 16.6. The average molecular weight is 365 g/mol. The lowest BCUT2D eigenvalue weighted by Gasteiger charge is -2.40. The molecule has 0 aromatic heterocycles. The fourth-order valence-corrected chi connectivity index (χ4v) is 4.23. The van der Waals surface area contributed by atoms with E-state index >= 15 is 0 Å². The predicted molar refractivity (Wildman–Crippen MR) is 96.4 cm³/mol. The first-order chi connectivity index (χ1) is 12.3. The summed E-state index contributed by atoms with van der Waals surface area (Å²) in [5, 5.41) is 0. The van der Waals surface area contributed by atoms with E-state index in [1.165, 1.54) is 0 Å². The molecule has 0 bridgehead atoms. The molecule has 146 valence electrons. The Balaban J connectivity index is 1.53. The number of carbonyl (C=O) groups excluding carboxylic acids is 3. The Bertz CT molecular complexity index is 564. The van der Waals surface area contributed by atoms with Gasteiger partial charge in [-0.25, -0.2) is 4.79 Å². The molecule has 3 rings (SSSR count). The Kier molecular flexibility index (Phi) is 5.44. The number of likely N-dealkylation sites (tertiary alicyclic amines) is 2. The van der Waals surface area contributed by atoms with Crippen LogP contribution in [0, 0.1) is 11.3 Å². The highest BCUT2D eigenvalue weighted by Crippen LogP contribution is 2.26. The van der Waals surface area contributed by atoms with E-state index in [1.807, 2.05) is 30.6 Å². The number of cyclic esters (lactones) is 1. The summed E-state index contributed by atoms with van der Waals surface area (Å²) in [6.45, 7) is 9.54. The van der Waals surface area contributed by atoms with Gasteiger partial charge in [-0.05, 0) is 25.7 Å². The van der Waals surface area contributed by atoms with E-state index < -0.39 is 5.41 Å². The summed E-state index contributed by atoms with van der Waals surface area (Å²) in [6.07, 6.45) is 3.12. The highest BCUT2D eigenvalue weighted by molar-refractivity contribution is 5.84. The van der Waals surface area contributed by atoms with E-state index in [2.05, 4.69) is 0 Å². The number of carbonyl (C=O) groups is 3. The van der Waals surface area contributed by atoms with Gasteiger partial charge < -0.3 is 19.4 Å². The molecule has 26 heavy (non-hydrogen) atoms. The normalized spacial score (nSPS) is 25.4. The van der Waals surface area contributed by atoms with Gasteiger partial charge in [-0.2, -0.15) is 0 Å². The van der Waals surface area contributed by atoms with Crippen molar-refractivity contribution in [1.29, 1.82) is 0 Å². The highest BCUT2D eigenvalue weighted by Gasteiger charge is 2.37. The van der Waals surface area contributed by atoms with Gasteiger partial charge in [-0.1, -0.05) is 20.8 Å². The zero-order chi connectivity index (χ0) is 18.9. The lowest BCUT2D eigenvalue weighted by atomic mass is 9.90. The Morgan fingerprint density at radius 1 is 1.00 bits per heavy atom. The zero-order valence-electron chi connectivity index (χ0n) is 16.2. The van der Waals surface area contributed by atoms with Crippen molar-refractivity contribution in [2.75, 3.05) is 39.3 Å². The third-order valence-electron chi connectivity index (χ3n) is 5.71. The lowest BCUT2D eigenvalue weighted by Crippen LogP contribution is -2.52. The van der Waals surface area contributed by atoms with Gasteiger partial charge in [0.05, 0.1) is 12.5 Å². The van der Waals surface area contributed by atoms with Gasteiger partial charge in [-0.15, -0.1) is 0 Å². The second-order valence-corrected chi connectivity index (χ2v) is 8.70. The van der Waals surface area contributed by atoms with Gasteiger partial charge >= 0.3 is 6.09 Å². The minimum atomic E-state index is -0.409. The SMILES string of the molecule is CC(C)(C)C(=O)N1CCCC(C(=O)N2CCC(N3CCOC3=O)CC2)C1. The molecule has 0 radical (unpaired) electrons. The molecule has 3 aliphatic rings. The van der Waals surface area contributed by atoms with Crippen molar-refractivity contribution in [1.82, 2.24) is 14.7 Å². The lowest BCUT2D eigenvalue weighted by molar-refractivity contribution is -0.145. The maximum absolute atomic E-state index is 12.9. The van der Waals surface area contributed by atoms with Crippen LogP contribution in [0.25, 0.3) is 0 Å². The van der Waals surface area contributed by atoms with E-state index in [-0.39, 0.29) is 29.9 Å². The Morgan fingerprint density at radius 3 is 2.27 bits per heavy atom. The smallest absolute Gasteiger partial charge is 0.410 e. The quantitative estimate of drug-likeness (QED) is 0.747. The van der Waals surface area contributed by atoms with Crippen molar-refractivity contribution in [2.45, 2.75) is 52.5 Å². The van der Waals surface area contributed by atoms with E-state index in [1.54, 1.807) is 4.90 Å². The van der Waals surface area contributed by atoms with Crippen molar-refractivity contribution >= 4 is 17.9 Å². The third-order valence-corrected chi connectivity index (χ3v) is 5.71. The minimum absolute atomic E-state index is 0.0941. The molecule has 0 saturated carbocycles. The molecular formula is C19H31N3O4. The van der Waals surface area contributed by atoms with E-state index in [4.69, 9.17) is 4.74 Å². The molecule has 1 unspecified atom stereocenters. The Labute approximate surface area is 155 Å². The maximum Gasteiger partial charge on any atom is 0.410 e. The van der Waals surface area contributed by atoms with Gasteiger partial charge in [0, 0.05) is 37.6 Å². The summed E-state index contributed by atoms with van der Waals surface area (Å²) in [6, 6.07) is 0.180. The molecule has 7 heteroatoms. The van der Waals surface area contributed by atoms with Crippen molar-refractivity contribution in [3.8, 4) is 0 Å². The van der Waals surface area contributed by atoms with Crippen LogP contribution >= 0.6 is 0 Å². The second kappa shape index (κ2) is 7.45. The molecule has 0 spiro atoms. The first kappa shape index (κ1) is 19.0. The Morgan fingerprint density at radius 2 is 1.69 bits per heavy atom. The van der Waals surface area contributed by atoms with Gasteiger partial charge in [0.2, 0.25) is 11.8 Å². The van der Waals surface area contributed by atoms with Crippen LogP contribution in [-0.2, 0) is 14.3 Å². The zero-order valence-corrected chi connectivity index (χ0v) is 16.2. The molecule has 3 heterocycles. The number of hydrogen-bond acceptors (Lipinski definition) is 4. The van der Waals surface area contributed by atoms with E-state index in [0.717, 1.165) is 32.2 Å². The van der Waals surface area contributed by atoms with Crippen LogP contribution in [0.5, 0.6) is 0 Å². The summed E-state index contributed by atoms with van der Waals surface area (Å²) in [7, 11) is 0.